The first kappa shape index (κ1) is 14.0. The van der Waals surface area contributed by atoms with Crippen molar-refractivity contribution in [1.82, 2.24) is 4.90 Å². The molecular weight excluding hydrogens is 226 g/mol. The Morgan fingerprint density at radius 1 is 1.44 bits per heavy atom. The Balaban J connectivity index is 2.50. The molecule has 0 fully saturated rings. The van der Waals surface area contributed by atoms with Gasteiger partial charge in [0, 0.05) is 25.2 Å². The third-order valence-electron chi connectivity index (χ3n) is 2.89. The molecule has 1 rings (SSSR count). The molecule has 0 aliphatic heterocycles. The quantitative estimate of drug-likeness (QED) is 0.779. The topological polar surface area (TPSA) is 70.1 Å². The second kappa shape index (κ2) is 7.33. The fourth-order valence-electron chi connectivity index (χ4n) is 1.81. The smallest absolute Gasteiger partial charge is 0.222 e. The largest absolute Gasteiger partial charge is 0.399 e. The summed E-state index contributed by atoms with van der Waals surface area (Å²) in [5.74, 6) is 0.0796. The number of nitrogen functional groups attached to an aromatic ring is 1. The van der Waals surface area contributed by atoms with Gasteiger partial charge < -0.3 is 10.6 Å². The molecule has 96 valence electrons. The Morgan fingerprint density at radius 2 is 2.17 bits per heavy atom. The van der Waals surface area contributed by atoms with Crippen molar-refractivity contribution in [2.45, 2.75) is 26.2 Å². The van der Waals surface area contributed by atoms with Crippen molar-refractivity contribution in [3.05, 3.63) is 29.8 Å². The zero-order valence-corrected chi connectivity index (χ0v) is 10.7. The fraction of sp³-hybridized carbons (Fsp3) is 0.429. The zero-order valence-electron chi connectivity index (χ0n) is 10.7. The number of nitrogens with two attached hydrogens (primary N) is 1. The van der Waals surface area contributed by atoms with Gasteiger partial charge in [-0.3, -0.25) is 4.79 Å². The maximum atomic E-state index is 11.9. The van der Waals surface area contributed by atoms with Gasteiger partial charge in [0.2, 0.25) is 5.91 Å². The van der Waals surface area contributed by atoms with Crippen LogP contribution in [0.5, 0.6) is 0 Å². The van der Waals surface area contributed by atoms with Crippen LogP contribution in [0.25, 0.3) is 0 Å². The normalized spacial score (nSPS) is 9.78. The Bertz CT molecular complexity index is 437. The Labute approximate surface area is 108 Å². The van der Waals surface area contributed by atoms with Gasteiger partial charge in [-0.15, -0.1) is 0 Å². The average Bonchev–Trinajstić information content (AvgIpc) is 2.38. The predicted molar refractivity (Wildman–Crippen MR) is 71.7 cm³/mol. The molecule has 4 nitrogen and oxygen atoms in total. The number of hydrogen-bond acceptors (Lipinski definition) is 3. The predicted octanol–water partition coefficient (Wildman–Crippen LogP) is 1.96. The van der Waals surface area contributed by atoms with E-state index in [-0.39, 0.29) is 5.91 Å². The molecule has 2 N–H and O–H groups in total. The first-order valence-electron chi connectivity index (χ1n) is 6.17. The van der Waals surface area contributed by atoms with E-state index in [1.807, 2.05) is 31.2 Å². The van der Waals surface area contributed by atoms with E-state index in [0.29, 0.717) is 32.4 Å². The van der Waals surface area contributed by atoms with E-state index in [1.165, 1.54) is 0 Å². The summed E-state index contributed by atoms with van der Waals surface area (Å²) in [7, 11) is 0. The summed E-state index contributed by atoms with van der Waals surface area (Å²) in [4.78, 5) is 13.7. The van der Waals surface area contributed by atoms with Crippen LogP contribution in [0.3, 0.4) is 0 Å². The van der Waals surface area contributed by atoms with Crippen LogP contribution in [0.4, 0.5) is 5.69 Å². The Kier molecular flexibility index (Phi) is 5.72. The van der Waals surface area contributed by atoms with E-state index in [0.717, 1.165) is 11.3 Å². The lowest BCUT2D eigenvalue weighted by atomic mass is 10.1. The monoisotopic (exact) mass is 245 g/mol. The molecule has 18 heavy (non-hydrogen) atoms. The van der Waals surface area contributed by atoms with Crippen molar-refractivity contribution in [2.24, 2.45) is 0 Å². The number of carbonyl (C=O) groups excluding carboxylic acids is 1. The molecular formula is C14H19N3O. The Morgan fingerprint density at radius 3 is 2.78 bits per heavy atom. The number of carbonyl (C=O) groups is 1. The van der Waals surface area contributed by atoms with Gasteiger partial charge in [0.05, 0.1) is 12.5 Å². The standard InChI is InChI=1S/C14H19N3O/c1-2-17(11-5-10-15)14(18)9-8-12-6-3-4-7-13(12)16/h3-4,6-7H,2,5,8-9,11,16H2,1H3. The van der Waals surface area contributed by atoms with Crippen LogP contribution in [0.1, 0.15) is 25.3 Å². The summed E-state index contributed by atoms with van der Waals surface area (Å²) in [6, 6.07) is 9.64. The number of rotatable bonds is 6. The summed E-state index contributed by atoms with van der Waals surface area (Å²) in [5.41, 5.74) is 7.56. The number of hydrogen-bond donors (Lipinski definition) is 1. The van der Waals surface area contributed by atoms with E-state index in [1.54, 1.807) is 4.90 Å². The Hall–Kier alpha value is -2.02. The lowest BCUT2D eigenvalue weighted by Crippen LogP contribution is -2.31. The van der Waals surface area contributed by atoms with E-state index >= 15 is 0 Å². The summed E-state index contributed by atoms with van der Waals surface area (Å²) >= 11 is 0. The highest BCUT2D eigenvalue weighted by Crippen LogP contribution is 2.13. The minimum atomic E-state index is 0.0796. The van der Waals surface area contributed by atoms with Gasteiger partial charge in [-0.2, -0.15) is 5.26 Å². The SMILES string of the molecule is CCN(CCC#N)C(=O)CCc1ccccc1N. The lowest BCUT2D eigenvalue weighted by molar-refractivity contribution is -0.130. The van der Waals surface area contributed by atoms with Gasteiger partial charge in [0.25, 0.3) is 0 Å². The van der Waals surface area contributed by atoms with Crippen LogP contribution in [-0.2, 0) is 11.2 Å². The molecule has 0 aromatic heterocycles. The molecule has 4 heteroatoms. The molecule has 0 unspecified atom stereocenters. The maximum absolute atomic E-state index is 11.9. The van der Waals surface area contributed by atoms with Crippen molar-refractivity contribution >= 4 is 11.6 Å². The number of benzene rings is 1. The minimum absolute atomic E-state index is 0.0796. The first-order valence-corrected chi connectivity index (χ1v) is 6.17. The second-order valence-electron chi connectivity index (χ2n) is 4.08. The molecule has 1 aromatic carbocycles. The van der Waals surface area contributed by atoms with Crippen molar-refractivity contribution in [3.8, 4) is 6.07 Å². The van der Waals surface area contributed by atoms with Crippen LogP contribution in [0.2, 0.25) is 0 Å². The van der Waals surface area contributed by atoms with E-state index < -0.39 is 0 Å². The molecule has 0 atom stereocenters. The van der Waals surface area contributed by atoms with Crippen molar-refractivity contribution < 1.29 is 4.79 Å². The van der Waals surface area contributed by atoms with E-state index in [4.69, 9.17) is 11.0 Å². The number of anilines is 1. The van der Waals surface area contributed by atoms with Crippen LogP contribution in [0.15, 0.2) is 24.3 Å². The average molecular weight is 245 g/mol. The summed E-state index contributed by atoms with van der Waals surface area (Å²) in [6.45, 7) is 3.08. The van der Waals surface area contributed by atoms with Gasteiger partial charge in [-0.25, -0.2) is 0 Å². The summed E-state index contributed by atoms with van der Waals surface area (Å²) < 4.78 is 0. The van der Waals surface area contributed by atoms with Crippen molar-refractivity contribution in [1.29, 1.82) is 5.26 Å². The number of para-hydroxylation sites is 1. The molecule has 0 saturated heterocycles. The van der Waals surface area contributed by atoms with E-state index in [9.17, 15) is 4.79 Å². The number of amides is 1. The maximum Gasteiger partial charge on any atom is 0.222 e. The molecule has 0 bridgehead atoms. The summed E-state index contributed by atoms with van der Waals surface area (Å²) in [6.07, 6.45) is 1.47. The lowest BCUT2D eigenvalue weighted by Gasteiger charge is -2.19. The van der Waals surface area contributed by atoms with Gasteiger partial charge in [0.1, 0.15) is 0 Å². The highest BCUT2D eigenvalue weighted by molar-refractivity contribution is 5.76. The molecule has 1 amide bonds. The van der Waals surface area contributed by atoms with Crippen LogP contribution in [0, 0.1) is 11.3 Å². The molecule has 1 aromatic rings. The van der Waals surface area contributed by atoms with E-state index in [2.05, 4.69) is 6.07 Å². The highest BCUT2D eigenvalue weighted by Gasteiger charge is 2.11. The third kappa shape index (κ3) is 4.10. The van der Waals surface area contributed by atoms with Gasteiger partial charge in [-0.05, 0) is 25.0 Å². The molecule has 0 aliphatic rings. The minimum Gasteiger partial charge on any atom is -0.399 e. The molecule has 0 spiro atoms. The fourth-order valence-corrected chi connectivity index (χ4v) is 1.81. The van der Waals surface area contributed by atoms with Gasteiger partial charge in [0.15, 0.2) is 0 Å². The highest BCUT2D eigenvalue weighted by atomic mass is 16.2. The van der Waals surface area contributed by atoms with Gasteiger partial charge >= 0.3 is 0 Å². The van der Waals surface area contributed by atoms with Crippen molar-refractivity contribution in [3.63, 3.8) is 0 Å². The number of nitrogens with zero attached hydrogens (tertiary/aromatic N) is 2. The zero-order chi connectivity index (χ0) is 13.4. The van der Waals surface area contributed by atoms with Crippen LogP contribution >= 0.6 is 0 Å². The summed E-state index contributed by atoms with van der Waals surface area (Å²) in [5, 5.41) is 8.53. The second-order valence-corrected chi connectivity index (χ2v) is 4.08. The first-order chi connectivity index (χ1) is 8.69. The van der Waals surface area contributed by atoms with Gasteiger partial charge in [-0.1, -0.05) is 18.2 Å². The molecule has 0 aliphatic carbocycles. The number of nitriles is 1. The molecule has 0 heterocycles. The third-order valence-corrected chi connectivity index (χ3v) is 2.89. The number of aryl methyl sites for hydroxylation is 1. The van der Waals surface area contributed by atoms with Crippen LogP contribution in [-0.4, -0.2) is 23.9 Å². The molecule has 0 radical (unpaired) electrons. The van der Waals surface area contributed by atoms with Crippen LogP contribution < -0.4 is 5.73 Å². The molecule has 0 saturated carbocycles. The van der Waals surface area contributed by atoms with Crippen molar-refractivity contribution in [2.75, 3.05) is 18.8 Å².